The van der Waals surface area contributed by atoms with Crippen molar-refractivity contribution < 1.29 is 4.74 Å². The maximum atomic E-state index is 5.98. The second-order valence-electron chi connectivity index (χ2n) is 6.68. The van der Waals surface area contributed by atoms with Crippen molar-refractivity contribution in [3.05, 3.63) is 29.6 Å². The molecule has 9 nitrogen and oxygen atoms in total. The van der Waals surface area contributed by atoms with Crippen LogP contribution in [0.3, 0.4) is 0 Å². The van der Waals surface area contributed by atoms with Crippen LogP contribution < -0.4 is 26.1 Å². The molecule has 0 fully saturated rings. The number of anilines is 3. The Morgan fingerprint density at radius 1 is 1.13 bits per heavy atom. The molecule has 0 bridgehead atoms. The summed E-state index contributed by atoms with van der Waals surface area (Å²) in [5.41, 5.74) is 11.4. The van der Waals surface area contributed by atoms with E-state index in [9.17, 15) is 0 Å². The lowest BCUT2D eigenvalue weighted by Crippen LogP contribution is -2.28. The van der Waals surface area contributed by atoms with Crippen molar-refractivity contribution in [3.8, 4) is 6.01 Å². The summed E-state index contributed by atoms with van der Waals surface area (Å²) in [6.07, 6.45) is 3.55. The van der Waals surface area contributed by atoms with Crippen LogP contribution in [-0.2, 0) is 0 Å². The number of rotatable bonds is 12. The van der Waals surface area contributed by atoms with Crippen molar-refractivity contribution in [1.29, 1.82) is 0 Å². The lowest BCUT2D eigenvalue weighted by molar-refractivity contribution is 0.292. The zero-order chi connectivity index (χ0) is 23.1. The molecule has 1 heterocycles. The number of hydrazone groups is 1. The zero-order valence-corrected chi connectivity index (χ0v) is 19.8. The zero-order valence-electron chi connectivity index (χ0n) is 19.8. The van der Waals surface area contributed by atoms with E-state index in [-0.39, 0.29) is 0 Å². The van der Waals surface area contributed by atoms with Gasteiger partial charge in [-0.1, -0.05) is 33.8 Å². The average Bonchev–Trinajstić information content (AvgIpc) is 2.77. The van der Waals surface area contributed by atoms with Crippen molar-refractivity contribution in [2.24, 2.45) is 5.10 Å². The number of nitrogen functional groups attached to an aromatic ring is 1. The minimum Gasteiger partial charge on any atom is -0.462 e. The van der Waals surface area contributed by atoms with E-state index in [0.717, 1.165) is 37.2 Å². The largest absolute Gasteiger partial charge is 0.462 e. The first-order chi connectivity index (χ1) is 15.1. The normalized spacial score (nSPS) is 10.5. The highest BCUT2D eigenvalue weighted by atomic mass is 16.5. The summed E-state index contributed by atoms with van der Waals surface area (Å²) in [6.45, 7) is 13.2. The van der Waals surface area contributed by atoms with Crippen LogP contribution in [0.5, 0.6) is 6.01 Å². The molecule has 0 radical (unpaired) electrons. The minimum absolute atomic E-state index is 0.291. The van der Waals surface area contributed by atoms with Crippen LogP contribution in [-0.4, -0.2) is 54.5 Å². The molecule has 31 heavy (non-hydrogen) atoms. The molecule has 2 rings (SSSR count). The summed E-state index contributed by atoms with van der Waals surface area (Å²) in [5.74, 6) is 1.02. The van der Waals surface area contributed by atoms with Gasteiger partial charge in [-0.3, -0.25) is 5.43 Å². The molecule has 2 aromatic rings. The smallest absolute Gasteiger partial charge is 0.321 e. The van der Waals surface area contributed by atoms with Gasteiger partial charge in [0.1, 0.15) is 6.61 Å². The topological polar surface area (TPSA) is 114 Å². The number of benzene rings is 1. The van der Waals surface area contributed by atoms with E-state index in [4.69, 9.17) is 10.5 Å². The lowest BCUT2D eigenvalue weighted by atomic mass is 10.2. The molecule has 9 heteroatoms. The summed E-state index contributed by atoms with van der Waals surface area (Å²) in [6, 6.07) is 6.02. The van der Waals surface area contributed by atoms with E-state index < -0.39 is 0 Å². The first-order valence-corrected chi connectivity index (χ1v) is 11.0. The van der Waals surface area contributed by atoms with Crippen LogP contribution >= 0.6 is 0 Å². The van der Waals surface area contributed by atoms with Crippen LogP contribution in [0.1, 0.15) is 51.9 Å². The molecule has 172 valence electrons. The Morgan fingerprint density at radius 2 is 1.84 bits per heavy atom. The average molecular weight is 431 g/mol. The molecule has 0 spiro atoms. The SMILES string of the molecule is CC.CCCN(CCC)c1nc(/C=N/Nc2cc(C)ccc2N)nc(OCCNC)n1. The first kappa shape index (κ1) is 26.1. The summed E-state index contributed by atoms with van der Waals surface area (Å²) in [7, 11) is 1.87. The highest BCUT2D eigenvalue weighted by Crippen LogP contribution is 2.19. The van der Waals surface area contributed by atoms with Gasteiger partial charge in [0, 0.05) is 19.6 Å². The summed E-state index contributed by atoms with van der Waals surface area (Å²) in [4.78, 5) is 15.5. The minimum atomic E-state index is 0.291. The summed E-state index contributed by atoms with van der Waals surface area (Å²) < 4.78 is 5.68. The van der Waals surface area contributed by atoms with Crippen molar-refractivity contribution in [1.82, 2.24) is 20.3 Å². The molecule has 0 amide bonds. The fourth-order valence-corrected chi connectivity index (χ4v) is 2.65. The third-order valence-corrected chi connectivity index (χ3v) is 4.05. The predicted octanol–water partition coefficient (Wildman–Crippen LogP) is 3.46. The molecular formula is C22H38N8O. The molecule has 0 saturated carbocycles. The number of likely N-dealkylation sites (N-methyl/N-ethyl adjacent to an activating group) is 1. The second-order valence-corrected chi connectivity index (χ2v) is 6.68. The van der Waals surface area contributed by atoms with Crippen molar-refractivity contribution in [2.45, 2.75) is 47.5 Å². The van der Waals surface area contributed by atoms with Crippen molar-refractivity contribution in [2.75, 3.05) is 49.3 Å². The number of nitrogens with one attached hydrogen (secondary N) is 2. The standard InChI is InChI=1S/C20H32N8O.C2H6/c1-5-10-28(11-6-2)19-24-18(25-20(26-19)29-12-9-22-4)14-23-27-17-13-15(3)7-8-16(17)21;1-2/h7-8,13-14,22,27H,5-6,9-12,21H2,1-4H3;1-2H3/b23-14+;. The molecule has 0 aliphatic heterocycles. The quantitative estimate of drug-likeness (QED) is 0.203. The van der Waals surface area contributed by atoms with Gasteiger partial charge in [-0.05, 0) is 44.5 Å². The van der Waals surface area contributed by atoms with Crippen molar-refractivity contribution >= 4 is 23.5 Å². The lowest BCUT2D eigenvalue weighted by Gasteiger charge is -2.21. The van der Waals surface area contributed by atoms with E-state index in [0.29, 0.717) is 36.6 Å². The van der Waals surface area contributed by atoms with Crippen LogP contribution in [0.2, 0.25) is 0 Å². The third kappa shape index (κ3) is 9.17. The van der Waals surface area contributed by atoms with E-state index >= 15 is 0 Å². The first-order valence-electron chi connectivity index (χ1n) is 11.0. The van der Waals surface area contributed by atoms with E-state index in [2.05, 4.69) is 49.5 Å². The molecule has 0 aliphatic carbocycles. The van der Waals surface area contributed by atoms with Gasteiger partial charge in [0.2, 0.25) is 5.95 Å². The van der Waals surface area contributed by atoms with Gasteiger partial charge in [-0.25, -0.2) is 0 Å². The van der Waals surface area contributed by atoms with Crippen LogP contribution in [0.25, 0.3) is 0 Å². The van der Waals surface area contributed by atoms with Gasteiger partial charge >= 0.3 is 6.01 Å². The molecule has 0 saturated heterocycles. The van der Waals surface area contributed by atoms with Crippen LogP contribution in [0.4, 0.5) is 17.3 Å². The third-order valence-electron chi connectivity index (χ3n) is 4.05. The van der Waals surface area contributed by atoms with E-state index in [1.54, 1.807) is 6.21 Å². The Bertz CT molecular complexity index is 791. The maximum Gasteiger partial charge on any atom is 0.321 e. The summed E-state index contributed by atoms with van der Waals surface area (Å²) in [5, 5.41) is 7.29. The van der Waals surface area contributed by atoms with Gasteiger partial charge in [-0.15, -0.1) is 0 Å². The Kier molecular flexibility index (Phi) is 12.6. The second kappa shape index (κ2) is 15.0. The summed E-state index contributed by atoms with van der Waals surface area (Å²) >= 11 is 0. The van der Waals surface area contributed by atoms with E-state index in [1.807, 2.05) is 46.0 Å². The highest BCUT2D eigenvalue weighted by molar-refractivity contribution is 5.77. The Labute approximate surface area is 186 Å². The van der Waals surface area contributed by atoms with Crippen LogP contribution in [0, 0.1) is 6.92 Å². The van der Waals surface area contributed by atoms with E-state index in [1.165, 1.54) is 0 Å². The number of nitrogens with zero attached hydrogens (tertiary/aromatic N) is 5. The number of hydrogen-bond donors (Lipinski definition) is 3. The molecule has 4 N–H and O–H groups in total. The van der Waals surface area contributed by atoms with Gasteiger partial charge < -0.3 is 20.7 Å². The molecule has 0 unspecified atom stereocenters. The Hall–Kier alpha value is -2.94. The Morgan fingerprint density at radius 3 is 2.48 bits per heavy atom. The van der Waals surface area contributed by atoms with Crippen LogP contribution in [0.15, 0.2) is 23.3 Å². The molecule has 0 atom stereocenters. The highest BCUT2D eigenvalue weighted by Gasteiger charge is 2.13. The maximum absolute atomic E-state index is 5.98. The number of aromatic nitrogens is 3. The number of aryl methyl sites for hydroxylation is 1. The number of nitrogens with two attached hydrogens (primary N) is 1. The molecule has 1 aromatic heterocycles. The van der Waals surface area contributed by atoms with Gasteiger partial charge in [0.25, 0.3) is 0 Å². The van der Waals surface area contributed by atoms with Crippen molar-refractivity contribution in [3.63, 3.8) is 0 Å². The monoisotopic (exact) mass is 430 g/mol. The number of ether oxygens (including phenoxy) is 1. The Balaban J connectivity index is 0.00000233. The fourth-order valence-electron chi connectivity index (χ4n) is 2.65. The fraction of sp³-hybridized carbons (Fsp3) is 0.545. The van der Waals surface area contributed by atoms with Gasteiger partial charge in [0.15, 0.2) is 5.82 Å². The number of hydrogen-bond acceptors (Lipinski definition) is 9. The molecular weight excluding hydrogens is 392 g/mol. The van der Waals surface area contributed by atoms with Gasteiger partial charge in [-0.2, -0.15) is 20.1 Å². The molecule has 0 aliphatic rings. The predicted molar refractivity (Wildman–Crippen MR) is 130 cm³/mol. The molecule has 1 aromatic carbocycles. The van der Waals surface area contributed by atoms with Gasteiger partial charge in [0.05, 0.1) is 17.6 Å².